The number of nitrogens with zero attached hydrogens (tertiary/aromatic N) is 2. The Bertz CT molecular complexity index is 1200. The second-order valence-electron chi connectivity index (χ2n) is 6.44. The van der Waals surface area contributed by atoms with E-state index in [1.54, 1.807) is 30.3 Å². The lowest BCUT2D eigenvalue weighted by atomic mass is 10.0. The van der Waals surface area contributed by atoms with Gasteiger partial charge in [-0.1, -0.05) is 18.2 Å². The number of hydrogen-bond donors (Lipinski definition) is 2. The number of sulfonamides is 1. The number of carbonyl (C=O) groups excluding carboxylic acids is 2. The molecule has 10 heteroatoms. The van der Waals surface area contributed by atoms with Crippen LogP contribution in [0.4, 0.5) is 11.6 Å². The fraction of sp³-hybridized carbons (Fsp3) is 0.100. The van der Waals surface area contributed by atoms with E-state index in [1.165, 1.54) is 36.7 Å². The highest BCUT2D eigenvalue weighted by Crippen LogP contribution is 2.33. The smallest absolute Gasteiger partial charge is 0.339 e. The van der Waals surface area contributed by atoms with Crippen molar-refractivity contribution < 1.29 is 22.7 Å². The number of nitrogens with one attached hydrogen (secondary N) is 2. The summed E-state index contributed by atoms with van der Waals surface area (Å²) in [6, 6.07) is 14.1. The average molecular weight is 424 g/mol. The predicted molar refractivity (Wildman–Crippen MR) is 107 cm³/mol. The Hall–Kier alpha value is -3.79. The molecule has 0 fully saturated rings. The molecule has 0 aliphatic carbocycles. The van der Waals surface area contributed by atoms with Gasteiger partial charge >= 0.3 is 5.97 Å². The van der Waals surface area contributed by atoms with Crippen LogP contribution in [0.15, 0.2) is 71.9 Å². The van der Waals surface area contributed by atoms with Crippen LogP contribution < -0.4 is 10.0 Å². The van der Waals surface area contributed by atoms with Crippen molar-refractivity contribution in [3.8, 4) is 0 Å². The Labute approximate surface area is 172 Å². The standard InChI is InChI=1S/C20H16N4O5S/c25-18(12-17-15-4-1-2-5-16(15)19(26)29-17)23-13-6-8-14(9-7-13)30(27,28)24-20-21-10-3-11-22-20/h1-11,17H,12H2,(H,23,25)(H,21,22,24)/t17-/m0/s1. The summed E-state index contributed by atoms with van der Waals surface area (Å²) in [7, 11) is -3.86. The summed E-state index contributed by atoms with van der Waals surface area (Å²) >= 11 is 0. The van der Waals surface area contributed by atoms with Crippen LogP contribution in [-0.2, 0) is 19.6 Å². The minimum Gasteiger partial charge on any atom is -0.453 e. The number of cyclic esters (lactones) is 1. The third-order valence-electron chi connectivity index (χ3n) is 4.39. The highest BCUT2D eigenvalue weighted by Gasteiger charge is 2.32. The van der Waals surface area contributed by atoms with Crippen LogP contribution in [0.1, 0.15) is 28.4 Å². The molecule has 0 unspecified atom stereocenters. The van der Waals surface area contributed by atoms with Crippen molar-refractivity contribution in [2.24, 2.45) is 0 Å². The molecule has 0 spiro atoms. The molecule has 1 aromatic heterocycles. The van der Waals surface area contributed by atoms with Crippen molar-refractivity contribution in [2.75, 3.05) is 10.0 Å². The van der Waals surface area contributed by atoms with Crippen molar-refractivity contribution in [1.82, 2.24) is 9.97 Å². The largest absolute Gasteiger partial charge is 0.453 e. The van der Waals surface area contributed by atoms with Gasteiger partial charge in [0.2, 0.25) is 11.9 Å². The number of benzene rings is 2. The maximum absolute atomic E-state index is 12.4. The van der Waals surface area contributed by atoms with Crippen molar-refractivity contribution in [2.45, 2.75) is 17.4 Å². The van der Waals surface area contributed by atoms with Crippen LogP contribution in [0.25, 0.3) is 0 Å². The molecule has 30 heavy (non-hydrogen) atoms. The van der Waals surface area contributed by atoms with Gasteiger partial charge in [0.25, 0.3) is 10.0 Å². The van der Waals surface area contributed by atoms with Crippen molar-refractivity contribution >= 4 is 33.5 Å². The number of anilines is 2. The molecule has 0 radical (unpaired) electrons. The van der Waals surface area contributed by atoms with Gasteiger partial charge in [0.15, 0.2) is 0 Å². The summed E-state index contributed by atoms with van der Waals surface area (Å²) in [6.45, 7) is 0. The molecule has 1 amide bonds. The van der Waals surface area contributed by atoms with Crippen molar-refractivity contribution in [1.29, 1.82) is 0 Å². The number of fused-ring (bicyclic) bond motifs is 1. The van der Waals surface area contributed by atoms with Gasteiger partial charge in [-0.15, -0.1) is 0 Å². The number of rotatable bonds is 6. The van der Waals surface area contributed by atoms with Crippen LogP contribution in [0, 0.1) is 0 Å². The van der Waals surface area contributed by atoms with Crippen LogP contribution in [0.2, 0.25) is 0 Å². The lowest BCUT2D eigenvalue weighted by molar-refractivity contribution is -0.118. The second-order valence-corrected chi connectivity index (χ2v) is 8.12. The highest BCUT2D eigenvalue weighted by molar-refractivity contribution is 7.92. The Balaban J connectivity index is 1.40. The van der Waals surface area contributed by atoms with Gasteiger partial charge < -0.3 is 10.1 Å². The van der Waals surface area contributed by atoms with E-state index in [-0.39, 0.29) is 23.2 Å². The van der Waals surface area contributed by atoms with Gasteiger partial charge in [-0.25, -0.2) is 27.9 Å². The summed E-state index contributed by atoms with van der Waals surface area (Å²) < 4.78 is 32.3. The first kappa shape index (κ1) is 19.5. The molecule has 3 aromatic rings. The Morgan fingerprint density at radius 2 is 1.70 bits per heavy atom. The Morgan fingerprint density at radius 3 is 2.43 bits per heavy atom. The second kappa shape index (κ2) is 7.91. The molecule has 0 saturated carbocycles. The van der Waals surface area contributed by atoms with E-state index in [2.05, 4.69) is 20.0 Å². The Morgan fingerprint density at radius 1 is 1.00 bits per heavy atom. The molecule has 1 aliphatic heterocycles. The molecular weight excluding hydrogens is 408 g/mol. The van der Waals surface area contributed by atoms with E-state index in [1.807, 2.05) is 0 Å². The molecule has 1 aliphatic rings. The van der Waals surface area contributed by atoms with E-state index in [4.69, 9.17) is 4.74 Å². The van der Waals surface area contributed by atoms with Gasteiger partial charge in [0, 0.05) is 23.6 Å². The van der Waals surface area contributed by atoms with E-state index < -0.39 is 22.1 Å². The third kappa shape index (κ3) is 4.13. The number of ether oxygens (including phenoxy) is 1. The number of amides is 1. The molecule has 1 atom stereocenters. The van der Waals surface area contributed by atoms with E-state index >= 15 is 0 Å². The summed E-state index contributed by atoms with van der Waals surface area (Å²) in [5.74, 6) is -0.856. The first-order valence-corrected chi connectivity index (χ1v) is 10.4. The Kier molecular flexibility index (Phi) is 5.15. The molecule has 2 heterocycles. The number of esters is 1. The van der Waals surface area contributed by atoms with E-state index in [0.717, 1.165) is 0 Å². The summed E-state index contributed by atoms with van der Waals surface area (Å²) in [6.07, 6.45) is 2.14. The molecule has 4 rings (SSSR count). The van der Waals surface area contributed by atoms with Gasteiger partial charge in [-0.05, 0) is 36.4 Å². The first-order valence-electron chi connectivity index (χ1n) is 8.92. The van der Waals surface area contributed by atoms with Gasteiger partial charge in [0.05, 0.1) is 16.9 Å². The van der Waals surface area contributed by atoms with Crippen LogP contribution in [0.3, 0.4) is 0 Å². The van der Waals surface area contributed by atoms with Gasteiger partial charge in [-0.2, -0.15) is 0 Å². The summed E-state index contributed by atoms with van der Waals surface area (Å²) in [4.78, 5) is 31.8. The fourth-order valence-electron chi connectivity index (χ4n) is 3.00. The van der Waals surface area contributed by atoms with E-state index in [0.29, 0.717) is 16.8 Å². The minimum atomic E-state index is -3.86. The normalized spacial score (nSPS) is 15.2. The zero-order chi connectivity index (χ0) is 21.1. The van der Waals surface area contributed by atoms with Crippen LogP contribution >= 0.6 is 0 Å². The quantitative estimate of drug-likeness (QED) is 0.582. The third-order valence-corrected chi connectivity index (χ3v) is 5.73. The van der Waals surface area contributed by atoms with Gasteiger partial charge in [0.1, 0.15) is 6.10 Å². The SMILES string of the molecule is O=C(C[C@@H]1OC(=O)c2ccccc21)Nc1ccc(S(=O)(=O)Nc2ncccn2)cc1. The van der Waals surface area contributed by atoms with Gasteiger partial charge in [-0.3, -0.25) is 4.79 Å². The maximum Gasteiger partial charge on any atom is 0.339 e. The molecule has 0 bridgehead atoms. The highest BCUT2D eigenvalue weighted by atomic mass is 32.2. The topological polar surface area (TPSA) is 127 Å². The molecular formula is C20H16N4O5S. The van der Waals surface area contributed by atoms with Crippen LogP contribution in [-0.4, -0.2) is 30.3 Å². The molecule has 9 nitrogen and oxygen atoms in total. The van der Waals surface area contributed by atoms with Crippen molar-refractivity contribution in [3.63, 3.8) is 0 Å². The first-order chi connectivity index (χ1) is 14.4. The number of aromatic nitrogens is 2. The molecule has 2 N–H and O–H groups in total. The van der Waals surface area contributed by atoms with Crippen molar-refractivity contribution in [3.05, 3.63) is 78.1 Å². The predicted octanol–water partition coefficient (Wildman–Crippen LogP) is 2.52. The molecule has 2 aromatic carbocycles. The molecule has 152 valence electrons. The summed E-state index contributed by atoms with van der Waals surface area (Å²) in [5.41, 5.74) is 1.54. The fourth-order valence-corrected chi connectivity index (χ4v) is 3.96. The maximum atomic E-state index is 12.4. The minimum absolute atomic E-state index is 0.00778. The van der Waals surface area contributed by atoms with Crippen LogP contribution in [0.5, 0.6) is 0 Å². The summed E-state index contributed by atoms with van der Waals surface area (Å²) in [5, 5.41) is 2.67. The number of carbonyl (C=O) groups is 2. The zero-order valence-electron chi connectivity index (χ0n) is 15.5. The number of hydrogen-bond acceptors (Lipinski definition) is 7. The monoisotopic (exact) mass is 424 g/mol. The lowest BCUT2D eigenvalue weighted by Crippen LogP contribution is -2.17. The molecule has 0 saturated heterocycles. The zero-order valence-corrected chi connectivity index (χ0v) is 16.3. The lowest BCUT2D eigenvalue weighted by Gasteiger charge is -2.11. The average Bonchev–Trinajstić information content (AvgIpc) is 3.04. The van der Waals surface area contributed by atoms with E-state index in [9.17, 15) is 18.0 Å².